The summed E-state index contributed by atoms with van der Waals surface area (Å²) in [6, 6.07) is 28.3. The number of aryl methyl sites for hydroxylation is 1. The first-order valence-electron chi connectivity index (χ1n) is 13.5. The minimum Gasteiger partial charge on any atom is -0.497 e. The molecular formula is C35H27NO4. The van der Waals surface area contributed by atoms with Gasteiger partial charge in [-0.1, -0.05) is 91.0 Å². The summed E-state index contributed by atoms with van der Waals surface area (Å²) in [6.07, 6.45) is 3.94. The van der Waals surface area contributed by atoms with Crippen molar-refractivity contribution in [3.05, 3.63) is 137 Å². The second-order valence-corrected chi connectivity index (χ2v) is 10.8. The molecule has 1 saturated heterocycles. The van der Waals surface area contributed by atoms with Gasteiger partial charge in [-0.25, -0.2) is 0 Å². The van der Waals surface area contributed by atoms with Gasteiger partial charge in [-0.15, -0.1) is 0 Å². The van der Waals surface area contributed by atoms with Gasteiger partial charge in [0.1, 0.15) is 17.2 Å². The van der Waals surface area contributed by atoms with Crippen molar-refractivity contribution in [1.29, 1.82) is 0 Å². The van der Waals surface area contributed by atoms with Gasteiger partial charge in [-0.2, -0.15) is 0 Å². The zero-order chi connectivity index (χ0) is 27.6. The molecule has 2 heterocycles. The van der Waals surface area contributed by atoms with Crippen LogP contribution in [0.5, 0.6) is 5.75 Å². The number of ketones is 3. The SMILES string of the molecule is COc1ccc([C@H]2[C@H](C(=O)c3ccccc3)N3c4cc(C)ccc4C=C[C@@H]3C23C(=O)c2ccccc2C3=O)cc1. The van der Waals surface area contributed by atoms with Crippen LogP contribution in [0.1, 0.15) is 53.7 Å². The van der Waals surface area contributed by atoms with Crippen molar-refractivity contribution in [1.82, 2.24) is 0 Å². The summed E-state index contributed by atoms with van der Waals surface area (Å²) < 4.78 is 5.42. The van der Waals surface area contributed by atoms with Crippen LogP contribution in [0.3, 0.4) is 0 Å². The van der Waals surface area contributed by atoms with Crippen molar-refractivity contribution >= 4 is 29.1 Å². The highest BCUT2D eigenvalue weighted by atomic mass is 16.5. The molecular weight excluding hydrogens is 498 g/mol. The first-order chi connectivity index (χ1) is 19.5. The first-order valence-corrected chi connectivity index (χ1v) is 13.5. The number of carbonyl (C=O) groups excluding carboxylic acids is 3. The molecule has 2 aliphatic heterocycles. The summed E-state index contributed by atoms with van der Waals surface area (Å²) >= 11 is 0. The van der Waals surface area contributed by atoms with E-state index in [1.165, 1.54) is 0 Å². The lowest BCUT2D eigenvalue weighted by Gasteiger charge is -2.37. The molecule has 0 unspecified atom stereocenters. The molecule has 5 nitrogen and oxygen atoms in total. The lowest BCUT2D eigenvalue weighted by Crippen LogP contribution is -2.48. The number of hydrogen-bond acceptors (Lipinski definition) is 5. The number of hydrogen-bond donors (Lipinski definition) is 0. The summed E-state index contributed by atoms with van der Waals surface area (Å²) in [6.45, 7) is 2.01. The van der Waals surface area contributed by atoms with E-state index in [-0.39, 0.29) is 17.3 Å². The van der Waals surface area contributed by atoms with E-state index in [1.807, 2.05) is 78.6 Å². The van der Waals surface area contributed by atoms with Gasteiger partial charge in [0, 0.05) is 28.3 Å². The Labute approximate surface area is 232 Å². The van der Waals surface area contributed by atoms with Crippen LogP contribution < -0.4 is 9.64 Å². The van der Waals surface area contributed by atoms with Crippen molar-refractivity contribution < 1.29 is 19.1 Å². The van der Waals surface area contributed by atoms with Crippen molar-refractivity contribution in [3.8, 4) is 5.75 Å². The van der Waals surface area contributed by atoms with Crippen LogP contribution >= 0.6 is 0 Å². The number of methoxy groups -OCH3 is 1. The van der Waals surface area contributed by atoms with E-state index >= 15 is 0 Å². The Morgan fingerprint density at radius 2 is 1.48 bits per heavy atom. The van der Waals surface area contributed by atoms with E-state index < -0.39 is 23.4 Å². The molecule has 4 aromatic rings. The normalized spacial score (nSPS) is 21.8. The number of ether oxygens (including phenoxy) is 1. The van der Waals surface area contributed by atoms with Crippen molar-refractivity contribution in [2.75, 3.05) is 12.0 Å². The van der Waals surface area contributed by atoms with Gasteiger partial charge in [-0.05, 0) is 41.8 Å². The topological polar surface area (TPSA) is 63.7 Å². The molecule has 1 fully saturated rings. The maximum absolute atomic E-state index is 14.7. The Bertz CT molecular complexity index is 1690. The standard InChI is InChI=1S/C35H27NO4/c1-21-12-13-22-16-19-29-35(33(38)26-10-6-7-11-27(26)34(35)39)30(23-14-17-25(40-2)18-15-23)31(36(29)28(22)20-21)32(37)24-8-4-3-5-9-24/h3-20,29-31H,1-2H3/t29-,30+,31-/m1/s1. The Kier molecular flexibility index (Phi) is 5.39. The highest BCUT2D eigenvalue weighted by molar-refractivity contribution is 6.32. The van der Waals surface area contributed by atoms with Crippen LogP contribution in [-0.4, -0.2) is 36.5 Å². The van der Waals surface area contributed by atoms with E-state index in [9.17, 15) is 14.4 Å². The molecule has 3 atom stereocenters. The molecule has 0 saturated carbocycles. The minimum absolute atomic E-state index is 0.123. The number of carbonyl (C=O) groups is 3. The predicted molar refractivity (Wildman–Crippen MR) is 154 cm³/mol. The average Bonchev–Trinajstić information content (AvgIpc) is 3.43. The second-order valence-electron chi connectivity index (χ2n) is 10.8. The summed E-state index contributed by atoms with van der Waals surface area (Å²) in [7, 11) is 1.60. The fourth-order valence-electron chi connectivity index (χ4n) is 7.03. The van der Waals surface area contributed by atoms with Crippen molar-refractivity contribution in [2.24, 2.45) is 5.41 Å². The largest absolute Gasteiger partial charge is 0.497 e. The molecule has 0 amide bonds. The molecule has 40 heavy (non-hydrogen) atoms. The number of nitrogens with zero attached hydrogens (tertiary/aromatic N) is 1. The van der Waals surface area contributed by atoms with Crippen LogP contribution in [-0.2, 0) is 0 Å². The number of rotatable bonds is 4. The molecule has 0 aromatic heterocycles. The van der Waals surface area contributed by atoms with Gasteiger partial charge in [0.2, 0.25) is 0 Å². The molecule has 5 heteroatoms. The molecule has 1 spiro atoms. The molecule has 1 aliphatic carbocycles. The van der Waals surface area contributed by atoms with Crippen LogP contribution in [0.2, 0.25) is 0 Å². The third-order valence-electron chi connectivity index (χ3n) is 8.76. The fraction of sp³-hybridized carbons (Fsp3) is 0.171. The van der Waals surface area contributed by atoms with E-state index in [4.69, 9.17) is 4.74 Å². The summed E-state index contributed by atoms with van der Waals surface area (Å²) in [5, 5.41) is 0. The van der Waals surface area contributed by atoms with Gasteiger partial charge < -0.3 is 9.64 Å². The molecule has 196 valence electrons. The number of anilines is 1. The lowest BCUT2D eigenvalue weighted by molar-refractivity contribution is 0.0666. The average molecular weight is 526 g/mol. The van der Waals surface area contributed by atoms with Crippen molar-refractivity contribution in [3.63, 3.8) is 0 Å². The molecule has 4 aromatic carbocycles. The highest BCUT2D eigenvalue weighted by Gasteiger charge is 2.71. The zero-order valence-corrected chi connectivity index (χ0v) is 22.2. The van der Waals surface area contributed by atoms with Gasteiger partial charge in [0.15, 0.2) is 17.3 Å². The van der Waals surface area contributed by atoms with Crippen LogP contribution in [0.4, 0.5) is 5.69 Å². The van der Waals surface area contributed by atoms with E-state index in [0.29, 0.717) is 22.4 Å². The van der Waals surface area contributed by atoms with Gasteiger partial charge in [0.25, 0.3) is 0 Å². The quantitative estimate of drug-likeness (QED) is 0.231. The smallest absolute Gasteiger partial charge is 0.185 e. The summed E-state index contributed by atoms with van der Waals surface area (Å²) in [5.41, 5.74) is 3.47. The van der Waals surface area contributed by atoms with E-state index in [2.05, 4.69) is 6.07 Å². The predicted octanol–water partition coefficient (Wildman–Crippen LogP) is 6.32. The van der Waals surface area contributed by atoms with Crippen molar-refractivity contribution in [2.45, 2.75) is 24.9 Å². The first kappa shape index (κ1) is 24.3. The second kappa shape index (κ2) is 8.88. The third-order valence-corrected chi connectivity index (χ3v) is 8.76. The maximum Gasteiger partial charge on any atom is 0.185 e. The van der Waals surface area contributed by atoms with Crippen LogP contribution in [0, 0.1) is 12.3 Å². The fourth-order valence-corrected chi connectivity index (χ4v) is 7.03. The Balaban J connectivity index is 1.55. The third kappa shape index (κ3) is 3.18. The Morgan fingerprint density at radius 3 is 2.12 bits per heavy atom. The molecule has 0 radical (unpaired) electrons. The van der Waals surface area contributed by atoms with E-state index in [0.717, 1.165) is 22.4 Å². The maximum atomic E-state index is 14.7. The minimum atomic E-state index is -1.51. The molecule has 0 bridgehead atoms. The molecule has 0 N–H and O–H groups in total. The number of benzene rings is 4. The monoisotopic (exact) mass is 525 g/mol. The summed E-state index contributed by atoms with van der Waals surface area (Å²) in [5.74, 6) is -0.657. The summed E-state index contributed by atoms with van der Waals surface area (Å²) in [4.78, 5) is 46.0. The Hall–Kier alpha value is -4.77. The van der Waals surface area contributed by atoms with E-state index in [1.54, 1.807) is 43.5 Å². The van der Waals surface area contributed by atoms with Gasteiger partial charge >= 0.3 is 0 Å². The van der Waals surface area contributed by atoms with Crippen LogP contribution in [0.25, 0.3) is 6.08 Å². The highest BCUT2D eigenvalue weighted by Crippen LogP contribution is 2.61. The van der Waals surface area contributed by atoms with Gasteiger partial charge in [-0.3, -0.25) is 14.4 Å². The van der Waals surface area contributed by atoms with Crippen LogP contribution in [0.15, 0.2) is 103 Å². The number of fused-ring (bicyclic) bond motifs is 5. The molecule has 7 rings (SSSR count). The Morgan fingerprint density at radius 1 is 0.825 bits per heavy atom. The van der Waals surface area contributed by atoms with Gasteiger partial charge in [0.05, 0.1) is 13.2 Å². The zero-order valence-electron chi connectivity index (χ0n) is 22.2. The lowest BCUT2D eigenvalue weighted by atomic mass is 9.64. The molecule has 3 aliphatic rings. The number of Topliss-reactive ketones (excluding diaryl/α,β-unsaturated/α-hetero) is 3.